The molecule has 17 heavy (non-hydrogen) atoms. The van der Waals surface area contributed by atoms with Gasteiger partial charge in [-0.05, 0) is 13.8 Å². The van der Waals surface area contributed by atoms with Crippen LogP contribution in [0, 0.1) is 0 Å². The van der Waals surface area contributed by atoms with Crippen LogP contribution in [0.15, 0.2) is 0 Å². The van der Waals surface area contributed by atoms with Gasteiger partial charge < -0.3 is 15.0 Å². The molecule has 0 aromatic rings. The van der Waals surface area contributed by atoms with Crippen LogP contribution in [0.4, 0.5) is 0 Å². The average Bonchev–Trinajstić information content (AvgIpc) is 2.23. The minimum atomic E-state index is -0.548. The first-order chi connectivity index (χ1) is 7.93. The lowest BCUT2D eigenvalue weighted by atomic mass is 10.2. The summed E-state index contributed by atoms with van der Waals surface area (Å²) < 4.78 is 5.56. The van der Waals surface area contributed by atoms with Crippen LogP contribution in [0.1, 0.15) is 20.8 Å². The molecule has 3 atom stereocenters. The molecule has 1 heterocycles. The topological polar surface area (TPSA) is 58.6 Å². The molecule has 0 spiro atoms. The molecule has 1 saturated heterocycles. The molecule has 1 N–H and O–H groups in total. The Balaban J connectivity index is 2.63. The molecule has 1 fully saturated rings. The van der Waals surface area contributed by atoms with Crippen molar-refractivity contribution in [3.05, 3.63) is 0 Å². The Labute approximate surface area is 107 Å². The zero-order valence-electron chi connectivity index (χ0n) is 10.5. The Kier molecular flexibility index (Phi) is 5.27. The first-order valence-corrected chi connectivity index (χ1v) is 6.39. The molecule has 0 radical (unpaired) electrons. The largest absolute Gasteiger partial charge is 0.372 e. The lowest BCUT2D eigenvalue weighted by molar-refractivity contribution is -0.146. The third-order valence-electron chi connectivity index (χ3n) is 2.59. The van der Waals surface area contributed by atoms with E-state index in [1.807, 2.05) is 13.8 Å². The van der Waals surface area contributed by atoms with Crippen molar-refractivity contribution < 1.29 is 14.3 Å². The summed E-state index contributed by atoms with van der Waals surface area (Å²) in [5.74, 6) is 0.00221. The maximum atomic E-state index is 12.2. The normalized spacial score (nSPS) is 26.5. The second kappa shape index (κ2) is 6.26. The van der Waals surface area contributed by atoms with Crippen molar-refractivity contribution in [1.29, 1.82) is 0 Å². The first-order valence-electron chi connectivity index (χ1n) is 5.76. The quantitative estimate of drug-likeness (QED) is 0.705. The van der Waals surface area contributed by atoms with Gasteiger partial charge in [-0.2, -0.15) is 12.6 Å². The Morgan fingerprint density at radius 3 is 2.35 bits per heavy atom. The van der Waals surface area contributed by atoms with E-state index in [1.165, 1.54) is 6.92 Å². The van der Waals surface area contributed by atoms with Gasteiger partial charge in [0.15, 0.2) is 0 Å². The van der Waals surface area contributed by atoms with Crippen molar-refractivity contribution in [2.75, 3.05) is 18.8 Å². The molecule has 1 aliphatic rings. The van der Waals surface area contributed by atoms with Crippen molar-refractivity contribution >= 4 is 24.4 Å². The van der Waals surface area contributed by atoms with E-state index >= 15 is 0 Å². The molecular weight excluding hydrogens is 240 g/mol. The predicted molar refractivity (Wildman–Crippen MR) is 68.0 cm³/mol. The summed E-state index contributed by atoms with van der Waals surface area (Å²) in [6, 6.07) is -0.548. The lowest BCUT2D eigenvalue weighted by Gasteiger charge is -2.37. The van der Waals surface area contributed by atoms with Gasteiger partial charge in [-0.15, -0.1) is 0 Å². The molecule has 1 aliphatic heterocycles. The number of carbonyl (C=O) groups is 2. The standard InChI is InChI=1S/C11H20N2O3S/c1-7-4-13(5-8(2)16-7)11(15)10(6-17)12-9(3)14/h7-8,10,17H,4-6H2,1-3H3,(H,12,14). The van der Waals surface area contributed by atoms with E-state index in [9.17, 15) is 9.59 Å². The van der Waals surface area contributed by atoms with Gasteiger partial charge in [-0.25, -0.2) is 0 Å². The molecule has 0 aliphatic carbocycles. The second-order valence-corrected chi connectivity index (χ2v) is 4.80. The van der Waals surface area contributed by atoms with Gasteiger partial charge in [0.2, 0.25) is 11.8 Å². The fraction of sp³-hybridized carbons (Fsp3) is 0.818. The number of hydrogen-bond acceptors (Lipinski definition) is 4. The summed E-state index contributed by atoms with van der Waals surface area (Å²) in [4.78, 5) is 24.9. The Hall–Kier alpha value is -0.750. The van der Waals surface area contributed by atoms with E-state index < -0.39 is 6.04 Å². The highest BCUT2D eigenvalue weighted by atomic mass is 32.1. The monoisotopic (exact) mass is 260 g/mol. The third-order valence-corrected chi connectivity index (χ3v) is 2.95. The highest BCUT2D eigenvalue weighted by Gasteiger charge is 2.30. The number of thiol groups is 1. The number of nitrogens with zero attached hydrogens (tertiary/aromatic N) is 1. The Bertz CT molecular complexity index is 288. The van der Waals surface area contributed by atoms with Crippen molar-refractivity contribution in [2.45, 2.75) is 39.0 Å². The molecule has 0 aromatic heterocycles. The number of nitrogens with one attached hydrogen (secondary N) is 1. The Morgan fingerprint density at radius 1 is 1.41 bits per heavy atom. The minimum Gasteiger partial charge on any atom is -0.372 e. The summed E-state index contributed by atoms with van der Waals surface area (Å²) in [6.07, 6.45) is 0.0567. The molecule has 3 unspecified atom stereocenters. The van der Waals surface area contributed by atoms with Gasteiger partial charge >= 0.3 is 0 Å². The van der Waals surface area contributed by atoms with Gasteiger partial charge in [0, 0.05) is 25.8 Å². The smallest absolute Gasteiger partial charge is 0.246 e. The Morgan fingerprint density at radius 2 is 1.94 bits per heavy atom. The van der Waals surface area contributed by atoms with Gasteiger partial charge in [-0.1, -0.05) is 0 Å². The summed E-state index contributed by atoms with van der Waals surface area (Å²) in [7, 11) is 0. The average molecular weight is 260 g/mol. The van der Waals surface area contributed by atoms with Crippen LogP contribution in [0.5, 0.6) is 0 Å². The van der Waals surface area contributed by atoms with Crippen LogP contribution in [0.3, 0.4) is 0 Å². The molecule has 0 aromatic carbocycles. The molecule has 0 saturated carbocycles. The molecule has 98 valence electrons. The van der Waals surface area contributed by atoms with Gasteiger partial charge in [0.25, 0.3) is 0 Å². The predicted octanol–water partition coefficient (Wildman–Crippen LogP) is 0.0567. The summed E-state index contributed by atoms with van der Waals surface area (Å²) in [5, 5.41) is 2.61. The van der Waals surface area contributed by atoms with E-state index in [-0.39, 0.29) is 24.0 Å². The fourth-order valence-electron chi connectivity index (χ4n) is 2.01. The van der Waals surface area contributed by atoms with Crippen LogP contribution in [0.2, 0.25) is 0 Å². The highest BCUT2D eigenvalue weighted by Crippen LogP contribution is 2.12. The highest BCUT2D eigenvalue weighted by molar-refractivity contribution is 7.80. The number of rotatable bonds is 3. The number of hydrogen-bond donors (Lipinski definition) is 2. The maximum absolute atomic E-state index is 12.2. The lowest BCUT2D eigenvalue weighted by Crippen LogP contribution is -2.55. The number of carbonyl (C=O) groups excluding carboxylic acids is 2. The molecular formula is C11H20N2O3S. The van der Waals surface area contributed by atoms with E-state index in [0.717, 1.165) is 0 Å². The van der Waals surface area contributed by atoms with Crippen LogP contribution in [0.25, 0.3) is 0 Å². The number of ether oxygens (including phenoxy) is 1. The fourth-order valence-corrected chi connectivity index (χ4v) is 2.26. The van der Waals surface area contributed by atoms with Gasteiger partial charge in [0.05, 0.1) is 12.2 Å². The van der Waals surface area contributed by atoms with E-state index in [2.05, 4.69) is 17.9 Å². The van der Waals surface area contributed by atoms with Crippen molar-refractivity contribution in [2.24, 2.45) is 0 Å². The number of amides is 2. The summed E-state index contributed by atoms with van der Waals surface area (Å²) in [5.41, 5.74) is 0. The van der Waals surface area contributed by atoms with Crippen LogP contribution < -0.4 is 5.32 Å². The molecule has 1 rings (SSSR count). The zero-order valence-corrected chi connectivity index (χ0v) is 11.4. The third kappa shape index (κ3) is 4.20. The SMILES string of the molecule is CC(=O)NC(CS)C(=O)N1CC(C)OC(C)C1. The van der Waals surface area contributed by atoms with E-state index in [1.54, 1.807) is 4.90 Å². The maximum Gasteiger partial charge on any atom is 0.246 e. The first kappa shape index (κ1) is 14.3. The van der Waals surface area contributed by atoms with Gasteiger partial charge in [0.1, 0.15) is 6.04 Å². The molecule has 6 heteroatoms. The van der Waals surface area contributed by atoms with E-state index in [4.69, 9.17) is 4.74 Å². The van der Waals surface area contributed by atoms with Crippen molar-refractivity contribution in [3.8, 4) is 0 Å². The van der Waals surface area contributed by atoms with Crippen LogP contribution in [-0.4, -0.2) is 53.8 Å². The van der Waals surface area contributed by atoms with E-state index in [0.29, 0.717) is 18.8 Å². The van der Waals surface area contributed by atoms with Crippen LogP contribution in [-0.2, 0) is 14.3 Å². The molecule has 0 bridgehead atoms. The zero-order chi connectivity index (χ0) is 13.0. The van der Waals surface area contributed by atoms with Crippen molar-refractivity contribution in [3.63, 3.8) is 0 Å². The van der Waals surface area contributed by atoms with Crippen LogP contribution >= 0.6 is 12.6 Å². The minimum absolute atomic E-state index is 0.0283. The van der Waals surface area contributed by atoms with Gasteiger partial charge in [-0.3, -0.25) is 9.59 Å². The summed E-state index contributed by atoms with van der Waals surface area (Å²) >= 11 is 4.10. The molecule has 2 amide bonds. The van der Waals surface area contributed by atoms with Crippen molar-refractivity contribution in [1.82, 2.24) is 10.2 Å². The number of morpholine rings is 1. The summed E-state index contributed by atoms with van der Waals surface area (Å²) in [6.45, 7) is 6.39. The molecule has 5 nitrogen and oxygen atoms in total. The second-order valence-electron chi connectivity index (χ2n) is 4.44.